The van der Waals surface area contributed by atoms with Crippen molar-refractivity contribution in [2.75, 3.05) is 38.3 Å². The zero-order valence-corrected chi connectivity index (χ0v) is 18.3. The second-order valence-electron chi connectivity index (χ2n) is 9.01. The minimum absolute atomic E-state index is 0.111. The van der Waals surface area contributed by atoms with Crippen LogP contribution in [0.15, 0.2) is 24.4 Å². The largest absolute Gasteiger partial charge is 0.467 e. The summed E-state index contributed by atoms with van der Waals surface area (Å²) in [6.07, 6.45) is 3.01. The van der Waals surface area contributed by atoms with E-state index in [9.17, 15) is 4.39 Å². The molecular formula is C23H27FN6O2. The number of fused-ring (bicyclic) bond motifs is 3. The van der Waals surface area contributed by atoms with Crippen molar-refractivity contribution in [2.24, 2.45) is 0 Å². The number of halogens is 1. The first-order valence-electron chi connectivity index (χ1n) is 11.3. The van der Waals surface area contributed by atoms with Crippen LogP contribution < -0.4 is 15.0 Å². The topological polar surface area (TPSA) is 77.3 Å². The Kier molecular flexibility index (Phi) is 4.76. The maximum atomic E-state index is 14.7. The molecule has 1 N–H and O–H groups in total. The van der Waals surface area contributed by atoms with Crippen LogP contribution in [0.2, 0.25) is 0 Å². The molecule has 1 aromatic carbocycles. The van der Waals surface area contributed by atoms with E-state index in [0.29, 0.717) is 24.4 Å². The first kappa shape index (κ1) is 19.9. The van der Waals surface area contributed by atoms with Crippen LogP contribution in [-0.4, -0.2) is 71.4 Å². The summed E-state index contributed by atoms with van der Waals surface area (Å²) in [6, 6.07) is 6.77. The van der Waals surface area contributed by atoms with Crippen molar-refractivity contribution >= 4 is 16.7 Å². The quantitative estimate of drug-likeness (QED) is 0.671. The molecule has 0 amide bonds. The first-order chi connectivity index (χ1) is 15.6. The van der Waals surface area contributed by atoms with Crippen LogP contribution in [0.25, 0.3) is 16.7 Å². The van der Waals surface area contributed by atoms with Crippen LogP contribution in [-0.2, 0) is 4.74 Å². The molecule has 5 heterocycles. The summed E-state index contributed by atoms with van der Waals surface area (Å²) in [7, 11) is 1.57. The fourth-order valence-electron chi connectivity index (χ4n) is 5.39. The molecule has 9 heteroatoms. The molecule has 2 aromatic heterocycles. The summed E-state index contributed by atoms with van der Waals surface area (Å²) in [4.78, 5) is 11.4. The number of hydrogen-bond donors (Lipinski definition) is 1. The third-order valence-electron chi connectivity index (χ3n) is 7.04. The zero-order chi connectivity index (χ0) is 21.8. The van der Waals surface area contributed by atoms with Crippen molar-refractivity contribution in [3.8, 4) is 11.8 Å². The van der Waals surface area contributed by atoms with E-state index in [1.54, 1.807) is 7.11 Å². The van der Waals surface area contributed by atoms with Crippen molar-refractivity contribution in [1.29, 1.82) is 0 Å². The summed E-state index contributed by atoms with van der Waals surface area (Å²) >= 11 is 0. The van der Waals surface area contributed by atoms with Crippen molar-refractivity contribution in [1.82, 2.24) is 25.1 Å². The van der Waals surface area contributed by atoms with E-state index in [0.717, 1.165) is 60.4 Å². The lowest BCUT2D eigenvalue weighted by molar-refractivity contribution is 0.0988. The molecule has 4 atom stereocenters. The van der Waals surface area contributed by atoms with Gasteiger partial charge in [-0.3, -0.25) is 0 Å². The second-order valence-corrected chi connectivity index (χ2v) is 9.01. The van der Waals surface area contributed by atoms with Gasteiger partial charge in [0.25, 0.3) is 0 Å². The van der Waals surface area contributed by atoms with E-state index >= 15 is 0 Å². The highest BCUT2D eigenvalue weighted by molar-refractivity contribution is 5.82. The molecule has 8 nitrogen and oxygen atoms in total. The molecule has 6 rings (SSSR count). The third kappa shape index (κ3) is 3.22. The highest BCUT2D eigenvalue weighted by Gasteiger charge is 2.40. The number of aryl methyl sites for hydroxylation is 1. The molecule has 0 unspecified atom stereocenters. The monoisotopic (exact) mass is 438 g/mol. The van der Waals surface area contributed by atoms with Gasteiger partial charge in [-0.05, 0) is 49.6 Å². The Morgan fingerprint density at radius 1 is 1.22 bits per heavy atom. The predicted molar refractivity (Wildman–Crippen MR) is 119 cm³/mol. The molecular weight excluding hydrogens is 411 g/mol. The van der Waals surface area contributed by atoms with Crippen molar-refractivity contribution in [2.45, 2.75) is 44.0 Å². The van der Waals surface area contributed by atoms with Gasteiger partial charge in [-0.15, -0.1) is 0 Å². The SMILES string of the molecule is COc1nc(N2C[C@@H]3C[C@H]2CO3)cc(-n2ncc3cc(C)c([C@H]4CCNC[C@H]4F)cc32)n1. The van der Waals surface area contributed by atoms with E-state index in [-0.39, 0.29) is 12.0 Å². The number of methoxy groups -OCH3 is 1. The summed E-state index contributed by atoms with van der Waals surface area (Å²) in [6.45, 7) is 4.82. The summed E-state index contributed by atoms with van der Waals surface area (Å²) in [5.74, 6) is 1.35. The molecule has 3 aliphatic rings. The van der Waals surface area contributed by atoms with Crippen molar-refractivity contribution in [3.05, 3.63) is 35.5 Å². The predicted octanol–water partition coefficient (Wildman–Crippen LogP) is 2.53. The summed E-state index contributed by atoms with van der Waals surface area (Å²) < 4.78 is 27.7. The van der Waals surface area contributed by atoms with Crippen molar-refractivity contribution in [3.63, 3.8) is 0 Å². The zero-order valence-electron chi connectivity index (χ0n) is 18.3. The van der Waals surface area contributed by atoms with Gasteiger partial charge in [0.1, 0.15) is 12.0 Å². The average molecular weight is 439 g/mol. The molecule has 3 saturated heterocycles. The molecule has 0 radical (unpaired) electrons. The van der Waals surface area contributed by atoms with Gasteiger partial charge in [0.05, 0.1) is 37.6 Å². The maximum absolute atomic E-state index is 14.7. The summed E-state index contributed by atoms with van der Waals surface area (Å²) in [5.41, 5.74) is 3.05. The van der Waals surface area contributed by atoms with Crippen LogP contribution in [0.5, 0.6) is 6.01 Å². The Hall–Kier alpha value is -2.78. The van der Waals surface area contributed by atoms with Gasteiger partial charge in [0.15, 0.2) is 5.82 Å². The minimum atomic E-state index is -0.894. The van der Waals surface area contributed by atoms with Gasteiger partial charge in [0, 0.05) is 30.5 Å². The number of piperidine rings is 1. The molecule has 168 valence electrons. The molecule has 0 saturated carbocycles. The molecule has 32 heavy (non-hydrogen) atoms. The number of ether oxygens (including phenoxy) is 2. The lowest BCUT2D eigenvalue weighted by Gasteiger charge is -2.28. The van der Waals surface area contributed by atoms with E-state index in [2.05, 4.69) is 44.3 Å². The van der Waals surface area contributed by atoms with Gasteiger partial charge in [0.2, 0.25) is 0 Å². The van der Waals surface area contributed by atoms with Gasteiger partial charge in [-0.25, -0.2) is 9.07 Å². The van der Waals surface area contributed by atoms with E-state index in [1.165, 1.54) is 0 Å². The van der Waals surface area contributed by atoms with Crippen LogP contribution in [0.3, 0.4) is 0 Å². The molecule has 0 aliphatic carbocycles. The smallest absolute Gasteiger partial charge is 0.320 e. The van der Waals surface area contributed by atoms with E-state index in [1.807, 2.05) is 16.9 Å². The number of benzene rings is 1. The molecule has 3 aliphatic heterocycles. The van der Waals surface area contributed by atoms with E-state index < -0.39 is 6.17 Å². The Morgan fingerprint density at radius 3 is 2.84 bits per heavy atom. The number of aromatic nitrogens is 4. The average Bonchev–Trinajstić information content (AvgIpc) is 3.54. The van der Waals surface area contributed by atoms with Crippen LogP contribution in [0, 0.1) is 6.92 Å². The Labute approximate surface area is 185 Å². The molecule has 0 spiro atoms. The van der Waals surface area contributed by atoms with Crippen LogP contribution in [0.4, 0.5) is 10.2 Å². The lowest BCUT2D eigenvalue weighted by Crippen LogP contribution is -2.37. The Morgan fingerprint density at radius 2 is 2.09 bits per heavy atom. The molecule has 3 fully saturated rings. The van der Waals surface area contributed by atoms with Gasteiger partial charge in [-0.2, -0.15) is 15.1 Å². The first-order valence-corrected chi connectivity index (χ1v) is 11.3. The Balaban J connectivity index is 1.44. The number of morpholine rings is 1. The van der Waals surface area contributed by atoms with Crippen molar-refractivity contribution < 1.29 is 13.9 Å². The number of alkyl halides is 1. The number of nitrogens with one attached hydrogen (secondary N) is 1. The maximum Gasteiger partial charge on any atom is 0.320 e. The Bertz CT molecular complexity index is 1170. The number of anilines is 1. The third-order valence-corrected chi connectivity index (χ3v) is 7.04. The van der Waals surface area contributed by atoms with Gasteiger partial charge >= 0.3 is 6.01 Å². The fourth-order valence-corrected chi connectivity index (χ4v) is 5.39. The minimum Gasteiger partial charge on any atom is -0.467 e. The highest BCUT2D eigenvalue weighted by atomic mass is 19.1. The van der Waals surface area contributed by atoms with Crippen LogP contribution >= 0.6 is 0 Å². The lowest BCUT2D eigenvalue weighted by atomic mass is 9.85. The fraction of sp³-hybridized carbons (Fsp3) is 0.522. The van der Waals surface area contributed by atoms with Crippen LogP contribution in [0.1, 0.15) is 29.9 Å². The second kappa shape index (κ2) is 7.67. The summed E-state index contributed by atoms with van der Waals surface area (Å²) in [5, 5.41) is 8.77. The standard InChI is InChI=1S/C23H27FN6O2/c1-13-5-14-9-26-30(20(14)7-18(13)17-3-4-25-10-19(17)24)22-8-21(27-23(28-22)31-2)29-11-16-6-15(29)12-32-16/h5,7-9,15-17,19,25H,3-4,6,10-12H2,1-2H3/t15-,16-,17+,19+/m0/s1. The number of nitrogens with zero attached hydrogens (tertiary/aromatic N) is 5. The number of hydrogen-bond acceptors (Lipinski definition) is 7. The normalized spacial score (nSPS) is 27.4. The molecule has 2 bridgehead atoms. The number of rotatable bonds is 4. The highest BCUT2D eigenvalue weighted by Crippen LogP contribution is 2.35. The van der Waals surface area contributed by atoms with E-state index in [4.69, 9.17) is 9.47 Å². The molecule has 3 aromatic rings. The van der Waals surface area contributed by atoms with Gasteiger partial charge in [-0.1, -0.05) is 0 Å². The van der Waals surface area contributed by atoms with Gasteiger partial charge < -0.3 is 19.7 Å².